The van der Waals surface area contributed by atoms with Crippen LogP contribution in [0, 0.1) is 6.92 Å². The van der Waals surface area contributed by atoms with E-state index >= 15 is 0 Å². The minimum absolute atomic E-state index is 0.249. The lowest BCUT2D eigenvalue weighted by atomic mass is 9.92. The monoisotopic (exact) mass is 286 g/mol. The molecule has 0 radical (unpaired) electrons. The SMILES string of the molecule is COc1cc(C(C)c2ccc(C)cc2)cc(OC)c1OC. The summed E-state index contributed by atoms with van der Waals surface area (Å²) in [6.07, 6.45) is 0. The second-order valence-corrected chi connectivity index (χ2v) is 5.09. The van der Waals surface area contributed by atoms with Crippen molar-refractivity contribution in [3.8, 4) is 17.2 Å². The van der Waals surface area contributed by atoms with Gasteiger partial charge in [0.25, 0.3) is 0 Å². The van der Waals surface area contributed by atoms with Gasteiger partial charge >= 0.3 is 0 Å². The summed E-state index contributed by atoms with van der Waals surface area (Å²) >= 11 is 0. The van der Waals surface area contributed by atoms with Crippen molar-refractivity contribution < 1.29 is 14.2 Å². The molecule has 0 saturated carbocycles. The first kappa shape index (κ1) is 15.2. The average Bonchev–Trinajstić information content (AvgIpc) is 2.53. The third-order valence-electron chi connectivity index (χ3n) is 3.76. The summed E-state index contributed by atoms with van der Waals surface area (Å²) in [4.78, 5) is 0. The van der Waals surface area contributed by atoms with E-state index in [9.17, 15) is 0 Å². The van der Waals surface area contributed by atoms with Crippen LogP contribution in [-0.4, -0.2) is 21.3 Å². The van der Waals surface area contributed by atoms with E-state index < -0.39 is 0 Å². The van der Waals surface area contributed by atoms with E-state index in [0.29, 0.717) is 17.2 Å². The molecule has 0 amide bonds. The van der Waals surface area contributed by atoms with Crippen molar-refractivity contribution in [2.24, 2.45) is 0 Å². The van der Waals surface area contributed by atoms with E-state index in [-0.39, 0.29) is 5.92 Å². The average molecular weight is 286 g/mol. The number of hydrogen-bond donors (Lipinski definition) is 0. The number of ether oxygens (including phenoxy) is 3. The van der Waals surface area contributed by atoms with Gasteiger partial charge in [0.1, 0.15) is 0 Å². The standard InChI is InChI=1S/C18H22O3/c1-12-6-8-14(9-7-12)13(2)15-10-16(19-3)18(21-5)17(11-15)20-4/h6-11,13H,1-5H3. The highest BCUT2D eigenvalue weighted by Gasteiger charge is 2.17. The summed E-state index contributed by atoms with van der Waals surface area (Å²) < 4.78 is 16.2. The molecule has 112 valence electrons. The molecule has 0 aromatic heterocycles. The van der Waals surface area contributed by atoms with Crippen LogP contribution in [-0.2, 0) is 0 Å². The van der Waals surface area contributed by atoms with Crippen LogP contribution >= 0.6 is 0 Å². The van der Waals surface area contributed by atoms with Crippen LogP contribution in [0.5, 0.6) is 17.2 Å². The van der Waals surface area contributed by atoms with Gasteiger partial charge in [-0.2, -0.15) is 0 Å². The zero-order valence-corrected chi connectivity index (χ0v) is 13.3. The van der Waals surface area contributed by atoms with Gasteiger partial charge in [0.15, 0.2) is 11.5 Å². The van der Waals surface area contributed by atoms with Gasteiger partial charge < -0.3 is 14.2 Å². The van der Waals surface area contributed by atoms with Crippen LogP contribution in [0.3, 0.4) is 0 Å². The van der Waals surface area contributed by atoms with E-state index in [0.717, 1.165) is 5.56 Å². The Morgan fingerprint density at radius 1 is 0.762 bits per heavy atom. The van der Waals surface area contributed by atoms with Crippen molar-refractivity contribution in [2.75, 3.05) is 21.3 Å². The smallest absolute Gasteiger partial charge is 0.203 e. The maximum atomic E-state index is 5.42. The lowest BCUT2D eigenvalue weighted by molar-refractivity contribution is 0.323. The number of hydrogen-bond acceptors (Lipinski definition) is 3. The fourth-order valence-corrected chi connectivity index (χ4v) is 2.40. The highest BCUT2D eigenvalue weighted by atomic mass is 16.5. The Morgan fingerprint density at radius 2 is 1.29 bits per heavy atom. The maximum Gasteiger partial charge on any atom is 0.203 e. The molecule has 2 rings (SSSR count). The topological polar surface area (TPSA) is 27.7 Å². The summed E-state index contributed by atoms with van der Waals surface area (Å²) in [6, 6.07) is 12.6. The molecule has 2 aromatic rings. The molecule has 0 aliphatic rings. The van der Waals surface area contributed by atoms with Gasteiger partial charge in [-0.3, -0.25) is 0 Å². The number of benzene rings is 2. The van der Waals surface area contributed by atoms with Gasteiger partial charge in [-0.05, 0) is 30.2 Å². The zero-order valence-electron chi connectivity index (χ0n) is 13.3. The van der Waals surface area contributed by atoms with Gasteiger partial charge in [-0.25, -0.2) is 0 Å². The molecule has 3 nitrogen and oxygen atoms in total. The molecule has 0 spiro atoms. The largest absolute Gasteiger partial charge is 0.493 e. The second kappa shape index (κ2) is 6.53. The van der Waals surface area contributed by atoms with Crippen molar-refractivity contribution in [3.05, 3.63) is 53.1 Å². The minimum Gasteiger partial charge on any atom is -0.493 e. The minimum atomic E-state index is 0.249. The molecule has 0 fully saturated rings. The Balaban J connectivity index is 2.45. The molecule has 1 atom stereocenters. The Morgan fingerprint density at radius 3 is 1.71 bits per heavy atom. The lowest BCUT2D eigenvalue weighted by Crippen LogP contribution is -2.01. The maximum absolute atomic E-state index is 5.42. The summed E-state index contributed by atoms with van der Waals surface area (Å²) in [5.41, 5.74) is 3.65. The van der Waals surface area contributed by atoms with E-state index in [1.54, 1.807) is 21.3 Å². The Bertz CT molecular complexity index is 577. The predicted octanol–water partition coefficient (Wildman–Crippen LogP) is 4.17. The first-order chi connectivity index (χ1) is 10.1. The normalized spacial score (nSPS) is 11.9. The van der Waals surface area contributed by atoms with Crippen LogP contribution in [0.15, 0.2) is 36.4 Å². The first-order valence-electron chi connectivity index (χ1n) is 6.97. The van der Waals surface area contributed by atoms with Crippen molar-refractivity contribution in [2.45, 2.75) is 19.8 Å². The second-order valence-electron chi connectivity index (χ2n) is 5.09. The molecule has 1 unspecified atom stereocenters. The van der Waals surface area contributed by atoms with Crippen molar-refractivity contribution in [3.63, 3.8) is 0 Å². The van der Waals surface area contributed by atoms with Crippen LogP contribution in [0.1, 0.15) is 29.5 Å². The van der Waals surface area contributed by atoms with Gasteiger partial charge in [0, 0.05) is 5.92 Å². The fraction of sp³-hybridized carbons (Fsp3) is 0.333. The third kappa shape index (κ3) is 3.13. The first-order valence-corrected chi connectivity index (χ1v) is 6.97. The number of aryl methyl sites for hydroxylation is 1. The van der Waals surface area contributed by atoms with E-state index in [2.05, 4.69) is 38.1 Å². The molecule has 0 heterocycles. The number of rotatable bonds is 5. The van der Waals surface area contributed by atoms with Gasteiger partial charge in [-0.1, -0.05) is 36.8 Å². The van der Waals surface area contributed by atoms with Crippen molar-refractivity contribution >= 4 is 0 Å². The van der Waals surface area contributed by atoms with E-state index in [4.69, 9.17) is 14.2 Å². The Labute approximate surface area is 126 Å². The molecule has 0 aliphatic heterocycles. The van der Waals surface area contributed by atoms with Crippen LogP contribution in [0.4, 0.5) is 0 Å². The van der Waals surface area contributed by atoms with Gasteiger partial charge in [-0.15, -0.1) is 0 Å². The van der Waals surface area contributed by atoms with Crippen LogP contribution in [0.2, 0.25) is 0 Å². The zero-order chi connectivity index (χ0) is 15.4. The highest BCUT2D eigenvalue weighted by molar-refractivity contribution is 5.55. The molecule has 2 aromatic carbocycles. The van der Waals surface area contributed by atoms with E-state index in [1.807, 2.05) is 12.1 Å². The molecule has 0 aliphatic carbocycles. The highest BCUT2D eigenvalue weighted by Crippen LogP contribution is 2.41. The summed E-state index contributed by atoms with van der Waals surface area (Å²) in [6.45, 7) is 4.26. The summed E-state index contributed by atoms with van der Waals surface area (Å²) in [5, 5.41) is 0. The van der Waals surface area contributed by atoms with Crippen molar-refractivity contribution in [1.29, 1.82) is 0 Å². The van der Waals surface area contributed by atoms with Crippen molar-refractivity contribution in [1.82, 2.24) is 0 Å². The molecule has 3 heteroatoms. The quantitative estimate of drug-likeness (QED) is 0.825. The Kier molecular flexibility index (Phi) is 4.73. The predicted molar refractivity (Wildman–Crippen MR) is 84.8 cm³/mol. The molecule has 0 N–H and O–H groups in total. The van der Waals surface area contributed by atoms with Gasteiger partial charge in [0.2, 0.25) is 5.75 Å². The Hall–Kier alpha value is -2.16. The summed E-state index contributed by atoms with van der Waals surface area (Å²) in [7, 11) is 4.89. The third-order valence-corrected chi connectivity index (χ3v) is 3.76. The molecule has 21 heavy (non-hydrogen) atoms. The molecule has 0 saturated heterocycles. The van der Waals surface area contributed by atoms with Gasteiger partial charge in [0.05, 0.1) is 21.3 Å². The molecule has 0 bridgehead atoms. The summed E-state index contributed by atoms with van der Waals surface area (Å²) in [5.74, 6) is 2.25. The van der Waals surface area contributed by atoms with Crippen LogP contribution < -0.4 is 14.2 Å². The lowest BCUT2D eigenvalue weighted by Gasteiger charge is -2.18. The number of methoxy groups -OCH3 is 3. The van der Waals surface area contributed by atoms with E-state index in [1.165, 1.54) is 11.1 Å². The van der Waals surface area contributed by atoms with Crippen LogP contribution in [0.25, 0.3) is 0 Å². The molecular weight excluding hydrogens is 264 g/mol. The fourth-order valence-electron chi connectivity index (χ4n) is 2.40. The molecular formula is C18H22O3.